The van der Waals surface area contributed by atoms with Crippen LogP contribution in [0, 0.1) is 6.92 Å². The summed E-state index contributed by atoms with van der Waals surface area (Å²) in [5.74, 6) is -1.39. The summed E-state index contributed by atoms with van der Waals surface area (Å²) >= 11 is 7.09. The van der Waals surface area contributed by atoms with E-state index in [9.17, 15) is 19.5 Å². The molecular formula is C22H19N5O5S5. The number of oxime groups is 1. The lowest BCUT2D eigenvalue weighted by atomic mass is 10.0. The van der Waals surface area contributed by atoms with Gasteiger partial charge in [-0.15, -0.1) is 44.6 Å². The lowest BCUT2D eigenvalue weighted by Gasteiger charge is -2.49. The summed E-state index contributed by atoms with van der Waals surface area (Å²) in [6.45, 7) is 2.07. The minimum atomic E-state index is -1.17. The number of aromatic nitrogens is 2. The molecule has 3 aromatic heterocycles. The average molecular weight is 594 g/mol. The Morgan fingerprint density at radius 2 is 2.08 bits per heavy atom. The standard InChI is InChI=1S/C22H19N5O5S5/c1-11-24-25-22(37-11)36-10-12-9-35-20-16(19(29)27(20)17(12)21(30)31)23-18(28)15(14-5-3-7-34-14)26-32-8-13-4-2-6-33-13/h2-7,16,20H,8-10H2,1H3,(H,23,28)(H,30,31)/t16-,20-/m1/s1. The Kier molecular flexibility index (Phi) is 7.95. The maximum atomic E-state index is 13.2. The summed E-state index contributed by atoms with van der Waals surface area (Å²) in [5.41, 5.74) is 0.670. The Bertz CT molecular complexity index is 1370. The fourth-order valence-electron chi connectivity index (χ4n) is 3.66. The second kappa shape index (κ2) is 11.3. The molecule has 0 unspecified atom stereocenters. The molecule has 5 heterocycles. The lowest BCUT2D eigenvalue weighted by Crippen LogP contribution is -2.71. The number of aliphatic carboxylic acids is 1. The second-order valence-electron chi connectivity index (χ2n) is 7.76. The predicted octanol–water partition coefficient (Wildman–Crippen LogP) is 3.42. The first-order valence-corrected chi connectivity index (χ1v) is 15.4. The van der Waals surface area contributed by atoms with Gasteiger partial charge < -0.3 is 15.3 Å². The van der Waals surface area contributed by atoms with E-state index in [4.69, 9.17) is 4.84 Å². The van der Waals surface area contributed by atoms with Gasteiger partial charge in [-0.25, -0.2) is 4.79 Å². The number of thiophene rings is 2. The summed E-state index contributed by atoms with van der Waals surface area (Å²) < 4.78 is 0.739. The van der Waals surface area contributed by atoms with E-state index in [2.05, 4.69) is 20.7 Å². The maximum absolute atomic E-state index is 13.2. The van der Waals surface area contributed by atoms with Gasteiger partial charge in [-0.2, -0.15) is 0 Å². The maximum Gasteiger partial charge on any atom is 0.352 e. The molecule has 1 fully saturated rings. The van der Waals surface area contributed by atoms with Gasteiger partial charge in [-0.1, -0.05) is 40.4 Å². The minimum Gasteiger partial charge on any atom is -0.477 e. The molecule has 0 saturated carbocycles. The molecular weight excluding hydrogens is 575 g/mol. The highest BCUT2D eigenvalue weighted by atomic mass is 32.2. The van der Waals surface area contributed by atoms with Gasteiger partial charge in [0.15, 0.2) is 16.7 Å². The van der Waals surface area contributed by atoms with Gasteiger partial charge in [0.05, 0.1) is 4.88 Å². The molecule has 5 rings (SSSR count). The zero-order chi connectivity index (χ0) is 25.9. The van der Waals surface area contributed by atoms with Crippen LogP contribution in [0.1, 0.15) is 14.8 Å². The number of hydrogen-bond donors (Lipinski definition) is 2. The van der Waals surface area contributed by atoms with E-state index in [0.717, 1.165) is 14.2 Å². The first-order valence-electron chi connectivity index (χ1n) is 10.8. The Labute approximate surface area is 231 Å². The van der Waals surface area contributed by atoms with Crippen molar-refractivity contribution in [3.8, 4) is 0 Å². The molecule has 192 valence electrons. The molecule has 0 aliphatic carbocycles. The smallest absolute Gasteiger partial charge is 0.352 e. The van der Waals surface area contributed by atoms with E-state index in [1.807, 2.05) is 29.8 Å². The third kappa shape index (κ3) is 5.60. The average Bonchev–Trinajstić information content (AvgIpc) is 3.67. The highest BCUT2D eigenvalue weighted by Crippen LogP contribution is 2.41. The molecule has 10 nitrogen and oxygen atoms in total. The zero-order valence-electron chi connectivity index (χ0n) is 19.2. The normalized spacial score (nSPS) is 19.4. The predicted molar refractivity (Wildman–Crippen MR) is 145 cm³/mol. The van der Waals surface area contributed by atoms with Gasteiger partial charge in [0.25, 0.3) is 11.8 Å². The van der Waals surface area contributed by atoms with Crippen molar-refractivity contribution in [1.29, 1.82) is 0 Å². The Balaban J connectivity index is 1.28. The summed E-state index contributed by atoms with van der Waals surface area (Å²) in [5, 5.41) is 28.8. The number of thioether (sulfide) groups is 2. The topological polar surface area (TPSA) is 134 Å². The molecule has 0 bridgehead atoms. The lowest BCUT2D eigenvalue weighted by molar-refractivity contribution is -0.150. The molecule has 0 aromatic carbocycles. The zero-order valence-corrected chi connectivity index (χ0v) is 23.2. The highest BCUT2D eigenvalue weighted by Gasteiger charge is 2.54. The fourth-order valence-corrected chi connectivity index (χ4v) is 8.27. The molecule has 0 spiro atoms. The number of hydrogen-bond acceptors (Lipinski definition) is 12. The number of nitrogens with zero attached hydrogens (tertiary/aromatic N) is 4. The molecule has 1 saturated heterocycles. The Morgan fingerprint density at radius 1 is 1.27 bits per heavy atom. The molecule has 2 atom stereocenters. The number of aryl methyl sites for hydroxylation is 1. The highest BCUT2D eigenvalue weighted by molar-refractivity contribution is 8.01. The fraction of sp³-hybridized carbons (Fsp3) is 0.273. The van der Waals surface area contributed by atoms with Gasteiger partial charge in [-0.05, 0) is 35.4 Å². The Morgan fingerprint density at radius 3 is 2.76 bits per heavy atom. The SMILES string of the molecule is Cc1nnc(SCC2=C(C(=O)O)N3C(=O)[C@@H](NC(=O)C(=NOCc4cccs4)c4cccs4)[C@H]3SC2)s1. The first-order chi connectivity index (χ1) is 17.9. The van der Waals surface area contributed by atoms with Crippen LogP contribution in [0.5, 0.6) is 0 Å². The van der Waals surface area contributed by atoms with Crippen molar-refractivity contribution < 1.29 is 24.3 Å². The number of nitrogens with one attached hydrogen (secondary N) is 1. The van der Waals surface area contributed by atoms with Crippen LogP contribution in [-0.2, 0) is 25.8 Å². The van der Waals surface area contributed by atoms with Gasteiger partial charge >= 0.3 is 5.97 Å². The monoisotopic (exact) mass is 593 g/mol. The van der Waals surface area contributed by atoms with Crippen LogP contribution < -0.4 is 5.32 Å². The number of carboxylic acids is 1. The van der Waals surface area contributed by atoms with E-state index < -0.39 is 29.2 Å². The van der Waals surface area contributed by atoms with Crippen molar-refractivity contribution in [1.82, 2.24) is 20.4 Å². The third-order valence-corrected chi connectivity index (χ3v) is 10.5. The van der Waals surface area contributed by atoms with Crippen LogP contribution in [0.3, 0.4) is 0 Å². The molecule has 37 heavy (non-hydrogen) atoms. The molecule has 0 radical (unpaired) electrons. The Hall–Kier alpha value is -2.72. The number of amides is 2. The van der Waals surface area contributed by atoms with Crippen molar-refractivity contribution >= 4 is 81.0 Å². The largest absolute Gasteiger partial charge is 0.477 e. The second-order valence-corrected chi connectivity index (χ2v) is 13.3. The minimum absolute atomic E-state index is 0.0283. The van der Waals surface area contributed by atoms with Crippen molar-refractivity contribution in [3.05, 3.63) is 61.1 Å². The van der Waals surface area contributed by atoms with Crippen molar-refractivity contribution in [2.75, 3.05) is 11.5 Å². The molecule has 2 amide bonds. The first kappa shape index (κ1) is 25.9. The molecule has 15 heteroatoms. The van der Waals surface area contributed by atoms with Crippen LogP contribution in [0.15, 0.2) is 55.8 Å². The van der Waals surface area contributed by atoms with Crippen LogP contribution in [-0.4, -0.2) is 66.6 Å². The quantitative estimate of drug-likeness (QED) is 0.157. The van der Waals surface area contributed by atoms with Crippen molar-refractivity contribution in [2.45, 2.75) is 29.3 Å². The van der Waals surface area contributed by atoms with Crippen molar-refractivity contribution in [2.24, 2.45) is 5.16 Å². The number of β-lactam (4-membered cyclic amide) rings is 1. The van der Waals surface area contributed by atoms with Gasteiger partial charge in [0.1, 0.15) is 22.1 Å². The van der Waals surface area contributed by atoms with E-state index in [1.54, 1.807) is 12.1 Å². The summed E-state index contributed by atoms with van der Waals surface area (Å²) in [7, 11) is 0. The molecule has 2 aliphatic heterocycles. The number of fused-ring (bicyclic) bond motifs is 1. The molecule has 2 aliphatic rings. The van der Waals surface area contributed by atoms with Crippen LogP contribution in [0.4, 0.5) is 0 Å². The number of carboxylic acid groups (broad SMARTS) is 1. The summed E-state index contributed by atoms with van der Waals surface area (Å²) in [6.07, 6.45) is 0. The van der Waals surface area contributed by atoms with E-state index in [0.29, 0.717) is 22.0 Å². The van der Waals surface area contributed by atoms with E-state index in [1.165, 1.54) is 62.4 Å². The molecule has 2 N–H and O–H groups in total. The summed E-state index contributed by atoms with van der Waals surface area (Å²) in [4.78, 5) is 46.6. The van der Waals surface area contributed by atoms with Crippen LogP contribution in [0.2, 0.25) is 0 Å². The van der Waals surface area contributed by atoms with Gasteiger partial charge in [0.2, 0.25) is 0 Å². The molecule has 3 aromatic rings. The summed E-state index contributed by atoms with van der Waals surface area (Å²) in [6, 6.07) is 6.48. The van der Waals surface area contributed by atoms with Crippen LogP contribution >= 0.6 is 57.5 Å². The van der Waals surface area contributed by atoms with E-state index >= 15 is 0 Å². The van der Waals surface area contributed by atoms with Crippen molar-refractivity contribution in [3.63, 3.8) is 0 Å². The van der Waals surface area contributed by atoms with Gasteiger partial charge in [0, 0.05) is 16.4 Å². The number of carbonyl (C=O) groups is 3. The number of carbonyl (C=O) groups excluding carboxylic acids is 2. The van der Waals surface area contributed by atoms with Gasteiger partial charge in [-0.3, -0.25) is 14.5 Å². The van der Waals surface area contributed by atoms with E-state index in [-0.39, 0.29) is 18.0 Å². The third-order valence-electron chi connectivity index (χ3n) is 5.33. The number of rotatable bonds is 10. The van der Waals surface area contributed by atoms with Crippen LogP contribution in [0.25, 0.3) is 0 Å².